The molecule has 0 amide bonds. The second-order valence-corrected chi connectivity index (χ2v) is 5.09. The van der Waals surface area contributed by atoms with Crippen molar-refractivity contribution in [3.63, 3.8) is 0 Å². The van der Waals surface area contributed by atoms with Gasteiger partial charge in [0, 0.05) is 24.7 Å². The minimum atomic E-state index is -0.146. The van der Waals surface area contributed by atoms with E-state index in [1.54, 1.807) is 6.07 Å². The number of pyridine rings is 1. The molecule has 4 heteroatoms. The Morgan fingerprint density at radius 3 is 2.16 bits per heavy atom. The molecule has 0 spiro atoms. The van der Waals surface area contributed by atoms with Crippen molar-refractivity contribution < 1.29 is 5.11 Å². The van der Waals surface area contributed by atoms with E-state index < -0.39 is 0 Å². The van der Waals surface area contributed by atoms with Gasteiger partial charge in [0.1, 0.15) is 0 Å². The fraction of sp³-hybridized carbons (Fsp3) is 0.667. The number of aromatic nitrogens is 1. The molecule has 4 nitrogen and oxygen atoms in total. The maximum atomic E-state index is 12.1. The van der Waals surface area contributed by atoms with Gasteiger partial charge in [-0.3, -0.25) is 4.79 Å². The topological polar surface area (TPSA) is 45.5 Å². The van der Waals surface area contributed by atoms with Crippen LogP contribution in [0.25, 0.3) is 0 Å². The van der Waals surface area contributed by atoms with Crippen molar-refractivity contribution in [2.24, 2.45) is 0 Å². The Labute approximate surface area is 115 Å². The van der Waals surface area contributed by atoms with Crippen LogP contribution in [0.2, 0.25) is 0 Å². The number of unbranched alkanes of at least 4 members (excludes halogenated alkanes) is 2. The summed E-state index contributed by atoms with van der Waals surface area (Å²) in [6.07, 6.45) is 4.18. The Morgan fingerprint density at radius 1 is 1.16 bits per heavy atom. The van der Waals surface area contributed by atoms with Gasteiger partial charge in [-0.15, -0.1) is 0 Å². The summed E-state index contributed by atoms with van der Waals surface area (Å²) in [6, 6.07) is 1.60. The smallest absolute Gasteiger partial charge is 0.272 e. The van der Waals surface area contributed by atoms with Crippen LogP contribution in [0, 0.1) is 13.8 Å². The minimum absolute atomic E-state index is 0.0807. The van der Waals surface area contributed by atoms with E-state index in [2.05, 4.69) is 13.8 Å². The Kier molecular flexibility index (Phi) is 5.93. The van der Waals surface area contributed by atoms with Crippen LogP contribution in [0.15, 0.2) is 10.9 Å². The lowest BCUT2D eigenvalue weighted by atomic mass is 10.2. The van der Waals surface area contributed by atoms with E-state index in [0.717, 1.165) is 49.9 Å². The van der Waals surface area contributed by atoms with E-state index in [1.165, 1.54) is 4.68 Å². The highest BCUT2D eigenvalue weighted by molar-refractivity contribution is 5.33. The lowest BCUT2D eigenvalue weighted by Gasteiger charge is -2.28. The number of aryl methyl sites for hydroxylation is 1. The van der Waals surface area contributed by atoms with Crippen LogP contribution < -0.4 is 10.6 Å². The average Bonchev–Trinajstić information content (AvgIpc) is 2.38. The fourth-order valence-corrected chi connectivity index (χ4v) is 2.06. The van der Waals surface area contributed by atoms with Crippen LogP contribution in [-0.4, -0.2) is 22.9 Å². The number of aromatic hydroxyl groups is 1. The van der Waals surface area contributed by atoms with Crippen LogP contribution in [0.1, 0.15) is 50.7 Å². The Morgan fingerprint density at radius 2 is 1.68 bits per heavy atom. The number of rotatable bonds is 7. The van der Waals surface area contributed by atoms with Crippen molar-refractivity contribution in [1.29, 1.82) is 0 Å². The molecular formula is C15H26N2O2. The van der Waals surface area contributed by atoms with Crippen molar-refractivity contribution in [2.75, 3.05) is 18.1 Å². The van der Waals surface area contributed by atoms with Crippen molar-refractivity contribution in [2.45, 2.75) is 53.4 Å². The number of hydrogen-bond acceptors (Lipinski definition) is 3. The molecule has 0 aromatic carbocycles. The highest BCUT2D eigenvalue weighted by Gasteiger charge is 2.14. The summed E-state index contributed by atoms with van der Waals surface area (Å²) in [7, 11) is 0. The first kappa shape index (κ1) is 15.6. The molecule has 1 rings (SSSR count). The third-order valence-corrected chi connectivity index (χ3v) is 3.50. The molecule has 0 atom stereocenters. The van der Waals surface area contributed by atoms with E-state index in [0.29, 0.717) is 0 Å². The van der Waals surface area contributed by atoms with Gasteiger partial charge in [-0.05, 0) is 32.3 Å². The van der Waals surface area contributed by atoms with Crippen molar-refractivity contribution in [3.8, 4) is 5.88 Å². The van der Waals surface area contributed by atoms with E-state index >= 15 is 0 Å². The van der Waals surface area contributed by atoms with Crippen LogP contribution in [0.3, 0.4) is 0 Å². The van der Waals surface area contributed by atoms with E-state index in [1.807, 2.05) is 18.9 Å². The molecule has 108 valence electrons. The molecule has 0 radical (unpaired) electrons. The van der Waals surface area contributed by atoms with Crippen LogP contribution in [-0.2, 0) is 0 Å². The maximum Gasteiger partial charge on any atom is 0.272 e. The largest absolute Gasteiger partial charge is 0.493 e. The lowest BCUT2D eigenvalue weighted by molar-refractivity contribution is 0.384. The Bertz CT molecular complexity index is 458. The highest BCUT2D eigenvalue weighted by Crippen LogP contribution is 2.17. The van der Waals surface area contributed by atoms with Crippen molar-refractivity contribution >= 4 is 0 Å². The zero-order valence-corrected chi connectivity index (χ0v) is 12.6. The molecule has 0 unspecified atom stereocenters. The third kappa shape index (κ3) is 3.75. The number of nitrogens with zero attached hydrogens (tertiary/aromatic N) is 2. The molecule has 0 saturated carbocycles. The fourth-order valence-electron chi connectivity index (χ4n) is 2.06. The van der Waals surface area contributed by atoms with Gasteiger partial charge in [-0.1, -0.05) is 26.7 Å². The SMILES string of the molecule is CCCCN(CCCC)n1c(O)c(C)c(C)cc1=O. The molecule has 0 aliphatic heterocycles. The maximum absolute atomic E-state index is 12.1. The van der Waals surface area contributed by atoms with Gasteiger partial charge in [0.2, 0.25) is 5.88 Å². The summed E-state index contributed by atoms with van der Waals surface area (Å²) in [4.78, 5) is 12.1. The minimum Gasteiger partial charge on any atom is -0.493 e. The summed E-state index contributed by atoms with van der Waals surface area (Å²) < 4.78 is 1.44. The predicted octanol–water partition coefficient (Wildman–Crippen LogP) is 2.71. The van der Waals surface area contributed by atoms with Gasteiger partial charge in [0.25, 0.3) is 5.56 Å². The summed E-state index contributed by atoms with van der Waals surface area (Å²) in [6.45, 7) is 9.54. The van der Waals surface area contributed by atoms with Gasteiger partial charge < -0.3 is 10.1 Å². The molecule has 19 heavy (non-hydrogen) atoms. The zero-order chi connectivity index (χ0) is 14.4. The van der Waals surface area contributed by atoms with E-state index in [-0.39, 0.29) is 11.4 Å². The number of hydrogen-bond donors (Lipinski definition) is 1. The Balaban J connectivity index is 3.13. The summed E-state index contributed by atoms with van der Waals surface area (Å²) >= 11 is 0. The monoisotopic (exact) mass is 266 g/mol. The van der Waals surface area contributed by atoms with E-state index in [4.69, 9.17) is 0 Å². The van der Waals surface area contributed by atoms with Crippen LogP contribution in [0.4, 0.5) is 0 Å². The molecule has 1 aromatic heterocycles. The van der Waals surface area contributed by atoms with Gasteiger partial charge >= 0.3 is 0 Å². The zero-order valence-electron chi connectivity index (χ0n) is 12.6. The van der Waals surface area contributed by atoms with Gasteiger partial charge in [0.05, 0.1) is 0 Å². The van der Waals surface area contributed by atoms with Crippen LogP contribution >= 0.6 is 0 Å². The second kappa shape index (κ2) is 7.22. The molecular weight excluding hydrogens is 240 g/mol. The van der Waals surface area contributed by atoms with Crippen molar-refractivity contribution in [3.05, 3.63) is 27.5 Å². The summed E-state index contributed by atoms with van der Waals surface area (Å²) in [5.41, 5.74) is 1.47. The average molecular weight is 266 g/mol. The molecule has 0 aliphatic carbocycles. The molecule has 0 bridgehead atoms. The first-order valence-corrected chi connectivity index (χ1v) is 7.20. The molecule has 1 heterocycles. The quantitative estimate of drug-likeness (QED) is 0.825. The second-order valence-electron chi connectivity index (χ2n) is 5.09. The Hall–Kier alpha value is -1.45. The first-order valence-electron chi connectivity index (χ1n) is 7.20. The van der Waals surface area contributed by atoms with Gasteiger partial charge in [-0.2, -0.15) is 4.68 Å². The normalized spacial score (nSPS) is 10.7. The first-order chi connectivity index (χ1) is 9.02. The standard InChI is InChI=1S/C15H26N2O2/c1-5-7-9-16(10-8-6-2)17-14(18)11-12(3)13(4)15(17)19/h11,19H,5-10H2,1-4H3. The van der Waals surface area contributed by atoms with Crippen LogP contribution in [0.5, 0.6) is 5.88 Å². The summed E-state index contributed by atoms with van der Waals surface area (Å²) in [5.74, 6) is 0.0807. The molecule has 1 N–H and O–H groups in total. The highest BCUT2D eigenvalue weighted by atomic mass is 16.3. The summed E-state index contributed by atoms with van der Waals surface area (Å²) in [5, 5.41) is 12.2. The molecule has 0 aliphatic rings. The van der Waals surface area contributed by atoms with Crippen molar-refractivity contribution in [1.82, 2.24) is 4.68 Å². The predicted molar refractivity (Wildman–Crippen MR) is 79.6 cm³/mol. The van der Waals surface area contributed by atoms with Gasteiger partial charge in [0.15, 0.2) is 0 Å². The molecule has 0 fully saturated rings. The lowest BCUT2D eigenvalue weighted by Crippen LogP contribution is -2.43. The molecule has 0 saturated heterocycles. The molecule has 1 aromatic rings. The van der Waals surface area contributed by atoms with Gasteiger partial charge in [-0.25, -0.2) is 0 Å². The van der Waals surface area contributed by atoms with E-state index in [9.17, 15) is 9.90 Å². The third-order valence-electron chi connectivity index (χ3n) is 3.50.